The Labute approximate surface area is 123 Å². The van der Waals surface area contributed by atoms with Gasteiger partial charge in [-0.1, -0.05) is 6.07 Å². The SMILES string of the molecule is CCNc1ncc(NC)c(-c2ccc(F)cc2C)c1C=N. The molecule has 2 rings (SSSR count). The van der Waals surface area contributed by atoms with Crippen molar-refractivity contribution in [3.8, 4) is 11.1 Å². The van der Waals surface area contributed by atoms with E-state index < -0.39 is 0 Å². The topological polar surface area (TPSA) is 60.8 Å². The predicted octanol–water partition coefficient (Wildman–Crippen LogP) is 3.67. The lowest BCUT2D eigenvalue weighted by atomic mass is 9.95. The van der Waals surface area contributed by atoms with E-state index in [0.29, 0.717) is 17.9 Å². The van der Waals surface area contributed by atoms with Crippen LogP contribution in [0.15, 0.2) is 24.4 Å². The zero-order valence-electron chi connectivity index (χ0n) is 12.4. The number of benzene rings is 1. The summed E-state index contributed by atoms with van der Waals surface area (Å²) < 4.78 is 13.3. The van der Waals surface area contributed by atoms with Crippen LogP contribution < -0.4 is 10.6 Å². The fourth-order valence-corrected chi connectivity index (χ4v) is 2.36. The van der Waals surface area contributed by atoms with E-state index in [-0.39, 0.29) is 5.82 Å². The van der Waals surface area contributed by atoms with E-state index in [2.05, 4.69) is 15.6 Å². The highest BCUT2D eigenvalue weighted by Crippen LogP contribution is 2.35. The Balaban J connectivity index is 2.75. The van der Waals surface area contributed by atoms with Gasteiger partial charge in [0.15, 0.2) is 0 Å². The lowest BCUT2D eigenvalue weighted by Crippen LogP contribution is -2.07. The third kappa shape index (κ3) is 2.86. The minimum atomic E-state index is -0.264. The number of nitrogens with zero attached hydrogens (tertiary/aromatic N) is 1. The van der Waals surface area contributed by atoms with Gasteiger partial charge in [0, 0.05) is 30.9 Å². The molecule has 21 heavy (non-hydrogen) atoms. The van der Waals surface area contributed by atoms with Crippen molar-refractivity contribution >= 4 is 17.7 Å². The van der Waals surface area contributed by atoms with Crippen LogP contribution in [0.4, 0.5) is 15.9 Å². The number of aryl methyl sites for hydroxylation is 1. The highest BCUT2D eigenvalue weighted by atomic mass is 19.1. The molecule has 1 aromatic heterocycles. The molecule has 1 heterocycles. The summed E-state index contributed by atoms with van der Waals surface area (Å²) in [7, 11) is 1.81. The molecule has 0 spiro atoms. The molecule has 0 radical (unpaired) electrons. The van der Waals surface area contributed by atoms with E-state index in [1.807, 2.05) is 13.8 Å². The fourth-order valence-electron chi connectivity index (χ4n) is 2.36. The van der Waals surface area contributed by atoms with E-state index in [0.717, 1.165) is 22.4 Å². The predicted molar refractivity (Wildman–Crippen MR) is 86.0 cm³/mol. The molecule has 5 heteroatoms. The summed E-state index contributed by atoms with van der Waals surface area (Å²) in [6, 6.07) is 4.67. The lowest BCUT2D eigenvalue weighted by Gasteiger charge is -2.17. The van der Waals surface area contributed by atoms with E-state index in [1.54, 1.807) is 19.3 Å². The van der Waals surface area contributed by atoms with Crippen molar-refractivity contribution in [2.24, 2.45) is 0 Å². The maximum Gasteiger partial charge on any atom is 0.135 e. The first kappa shape index (κ1) is 15.0. The van der Waals surface area contributed by atoms with Gasteiger partial charge in [0.05, 0.1) is 11.9 Å². The molecule has 2 aromatic rings. The van der Waals surface area contributed by atoms with Crippen molar-refractivity contribution in [1.29, 1.82) is 5.41 Å². The molecular formula is C16H19FN4. The van der Waals surface area contributed by atoms with Crippen molar-refractivity contribution in [2.45, 2.75) is 13.8 Å². The van der Waals surface area contributed by atoms with E-state index in [4.69, 9.17) is 5.41 Å². The van der Waals surface area contributed by atoms with Crippen molar-refractivity contribution < 1.29 is 4.39 Å². The van der Waals surface area contributed by atoms with Gasteiger partial charge in [-0.2, -0.15) is 0 Å². The molecular weight excluding hydrogens is 267 g/mol. The van der Waals surface area contributed by atoms with Crippen LogP contribution in [-0.2, 0) is 0 Å². The number of anilines is 2. The summed E-state index contributed by atoms with van der Waals surface area (Å²) in [5.74, 6) is 0.393. The Kier molecular flexibility index (Phi) is 4.52. The Morgan fingerprint density at radius 1 is 1.38 bits per heavy atom. The van der Waals surface area contributed by atoms with E-state index in [9.17, 15) is 4.39 Å². The summed E-state index contributed by atoms with van der Waals surface area (Å²) in [5.41, 5.74) is 4.07. The van der Waals surface area contributed by atoms with Gasteiger partial charge in [-0.15, -0.1) is 0 Å². The summed E-state index contributed by atoms with van der Waals surface area (Å²) in [5, 5.41) is 14.0. The van der Waals surface area contributed by atoms with Gasteiger partial charge in [-0.05, 0) is 37.1 Å². The van der Waals surface area contributed by atoms with Gasteiger partial charge >= 0.3 is 0 Å². The number of rotatable bonds is 5. The molecule has 0 fully saturated rings. The average Bonchev–Trinajstić information content (AvgIpc) is 2.47. The van der Waals surface area contributed by atoms with E-state index in [1.165, 1.54) is 18.3 Å². The lowest BCUT2D eigenvalue weighted by molar-refractivity contribution is 0.627. The summed E-state index contributed by atoms with van der Waals surface area (Å²) >= 11 is 0. The molecule has 0 saturated carbocycles. The van der Waals surface area contributed by atoms with Crippen molar-refractivity contribution in [3.05, 3.63) is 41.3 Å². The Morgan fingerprint density at radius 3 is 2.71 bits per heavy atom. The Bertz CT molecular complexity index is 668. The first-order valence-electron chi connectivity index (χ1n) is 6.84. The highest BCUT2D eigenvalue weighted by molar-refractivity contribution is 5.99. The molecule has 3 N–H and O–H groups in total. The van der Waals surface area contributed by atoms with Crippen molar-refractivity contribution in [2.75, 3.05) is 24.2 Å². The third-order valence-electron chi connectivity index (χ3n) is 3.33. The Hall–Kier alpha value is -2.43. The average molecular weight is 286 g/mol. The second-order valence-electron chi connectivity index (χ2n) is 4.69. The maximum absolute atomic E-state index is 13.3. The molecule has 0 bridgehead atoms. The van der Waals surface area contributed by atoms with Crippen LogP contribution in [-0.4, -0.2) is 24.8 Å². The minimum Gasteiger partial charge on any atom is -0.386 e. The molecule has 1 aromatic carbocycles. The van der Waals surface area contributed by atoms with Crippen LogP contribution in [0.25, 0.3) is 11.1 Å². The monoisotopic (exact) mass is 286 g/mol. The molecule has 4 nitrogen and oxygen atoms in total. The van der Waals surface area contributed by atoms with Gasteiger partial charge in [0.2, 0.25) is 0 Å². The van der Waals surface area contributed by atoms with Gasteiger partial charge in [0.1, 0.15) is 11.6 Å². The molecule has 0 saturated heterocycles. The van der Waals surface area contributed by atoms with Gasteiger partial charge in [0.25, 0.3) is 0 Å². The molecule has 0 amide bonds. The number of aromatic nitrogens is 1. The standard InChI is InChI=1S/C16H19FN4/c1-4-20-16-13(8-18)15(14(19-3)9-21-16)12-6-5-11(17)7-10(12)2/h5-9,18-19H,4H2,1-3H3,(H,20,21). The smallest absolute Gasteiger partial charge is 0.135 e. The van der Waals surface area contributed by atoms with Crippen LogP contribution in [0, 0.1) is 18.2 Å². The van der Waals surface area contributed by atoms with Gasteiger partial charge in [-0.3, -0.25) is 0 Å². The number of halogens is 1. The molecule has 0 atom stereocenters. The van der Waals surface area contributed by atoms with Crippen molar-refractivity contribution in [1.82, 2.24) is 4.98 Å². The van der Waals surface area contributed by atoms with Crippen molar-refractivity contribution in [3.63, 3.8) is 0 Å². The zero-order chi connectivity index (χ0) is 15.4. The largest absolute Gasteiger partial charge is 0.386 e. The second-order valence-corrected chi connectivity index (χ2v) is 4.69. The van der Waals surface area contributed by atoms with Gasteiger partial charge in [-0.25, -0.2) is 9.37 Å². The first-order valence-corrected chi connectivity index (χ1v) is 6.84. The third-order valence-corrected chi connectivity index (χ3v) is 3.33. The maximum atomic E-state index is 13.3. The van der Waals surface area contributed by atoms with Gasteiger partial charge < -0.3 is 16.0 Å². The summed E-state index contributed by atoms with van der Waals surface area (Å²) in [6.07, 6.45) is 3.01. The summed E-state index contributed by atoms with van der Waals surface area (Å²) in [4.78, 5) is 4.34. The second kappa shape index (κ2) is 6.35. The highest BCUT2D eigenvalue weighted by Gasteiger charge is 2.16. The zero-order valence-corrected chi connectivity index (χ0v) is 12.4. The van der Waals surface area contributed by atoms with Crippen LogP contribution in [0.2, 0.25) is 0 Å². The fraction of sp³-hybridized carbons (Fsp3) is 0.250. The summed E-state index contributed by atoms with van der Waals surface area (Å²) in [6.45, 7) is 4.55. The molecule has 0 unspecified atom stereocenters. The number of hydrogen-bond acceptors (Lipinski definition) is 4. The normalized spacial score (nSPS) is 10.3. The van der Waals surface area contributed by atoms with Crippen LogP contribution in [0.3, 0.4) is 0 Å². The number of nitrogens with one attached hydrogen (secondary N) is 3. The Morgan fingerprint density at radius 2 is 2.14 bits per heavy atom. The molecule has 0 aliphatic rings. The number of pyridine rings is 1. The van der Waals surface area contributed by atoms with E-state index >= 15 is 0 Å². The van der Waals surface area contributed by atoms with Crippen LogP contribution in [0.1, 0.15) is 18.1 Å². The molecule has 0 aliphatic heterocycles. The first-order chi connectivity index (χ1) is 10.1. The molecule has 0 aliphatic carbocycles. The quantitative estimate of drug-likeness (QED) is 0.735. The van der Waals surface area contributed by atoms with Crippen LogP contribution in [0.5, 0.6) is 0 Å². The molecule has 110 valence electrons. The number of hydrogen-bond donors (Lipinski definition) is 3. The van der Waals surface area contributed by atoms with Crippen LogP contribution >= 0.6 is 0 Å². The minimum absolute atomic E-state index is 0.264.